The number of carboxylic acids is 1. The highest BCUT2D eigenvalue weighted by molar-refractivity contribution is 7.47. The average Bonchev–Trinajstić information content (AvgIpc) is 0.918. The molecule has 0 bridgehead atoms. The number of carbonyl (C=O) groups excluding carboxylic acids is 4. The Kier molecular flexibility index (Phi) is 73.7. The molecule has 0 aromatic heterocycles. The number of allylic oxidation sites excluding steroid dienone is 24. The molecule has 24 nitrogen and oxygen atoms in total. The number of hydrogen-bond donors (Lipinski definition) is 6. The summed E-state index contributed by atoms with van der Waals surface area (Å²) in [7, 11) is -1.25. The van der Waals surface area contributed by atoms with Gasteiger partial charge in [0.2, 0.25) is 5.91 Å². The first kappa shape index (κ1) is 108. The smallest absolute Gasteiger partial charge is 0.472 e. The van der Waals surface area contributed by atoms with Crippen molar-refractivity contribution in [1.29, 1.82) is 0 Å². The second kappa shape index (κ2) is 74.4. The highest BCUT2D eigenvalue weighted by atomic mass is 31.2. The fraction of sp³-hybridized carbons (Fsp3) is 0.659. The Morgan fingerprint density at radius 1 is 0.376 bits per heavy atom. The number of nitrogens with one attached hydrogen (secondary N) is 1. The summed E-state index contributed by atoms with van der Waals surface area (Å²) in [5, 5.41) is 32.0. The Morgan fingerprint density at radius 3 is 0.917 bits per heavy atom. The largest absolute Gasteiger partial charge is 0.550 e. The lowest BCUT2D eigenvalue weighted by atomic mass is 10.2. The van der Waals surface area contributed by atoms with Crippen molar-refractivity contribution >= 4 is 47.3 Å². The number of phosphoric ester groups is 3. The van der Waals surface area contributed by atoms with Crippen LogP contribution in [0.4, 0.5) is 0 Å². The number of likely N-dealkylation sites (N-methyl/N-ethyl adjacent to an activating group) is 2. The van der Waals surface area contributed by atoms with E-state index in [1.807, 2.05) is 60.5 Å². The summed E-state index contributed by atoms with van der Waals surface area (Å²) in [5.41, 5.74) is 0. The first-order valence-corrected chi connectivity index (χ1v) is 43.8. The van der Waals surface area contributed by atoms with E-state index in [9.17, 15) is 62.9 Å². The second-order valence-corrected chi connectivity index (χ2v) is 32.3. The number of ether oxygens (including phenoxy) is 2. The molecule has 0 fully saturated rings. The van der Waals surface area contributed by atoms with Gasteiger partial charge in [-0.3, -0.25) is 41.5 Å². The summed E-state index contributed by atoms with van der Waals surface area (Å²) >= 11 is 0. The molecular weight excluding hydrogens is 1460 g/mol. The number of carbonyl (C=O) groups is 4. The van der Waals surface area contributed by atoms with Gasteiger partial charge >= 0.3 is 35.4 Å². The zero-order valence-corrected chi connectivity index (χ0v) is 70.8. The molecule has 0 aliphatic heterocycles. The molecule has 628 valence electrons. The van der Waals surface area contributed by atoms with E-state index in [0.717, 1.165) is 83.5 Å². The van der Waals surface area contributed by atoms with E-state index in [4.69, 9.17) is 27.6 Å². The maximum Gasteiger partial charge on any atom is 0.472 e. The Hall–Kier alpha value is -5.07. The Balaban J connectivity index is -0.00000155. The SMILES string of the molecule is CCCCC/C=C\C/C=C\C/C=C\C/C=C\CCCC(=O)NCCOP(=O)(O)OCC[N+](C)(C)C.CCCCC/C=C\C/C=C\C/C=C\C/C=C\CCCC(=O)OC(CO)COP(=O)(O)OCC(C)C(=O)[O-].CCCCC/C=C\C/C=C\C/C=C\C/C=C\CCCC(=O)OC(CO)COP(=O)(O)OCC[N+](C)(C)C. The van der Waals surface area contributed by atoms with Gasteiger partial charge in [0.15, 0.2) is 0 Å². The van der Waals surface area contributed by atoms with Crippen LogP contribution in [0.3, 0.4) is 0 Å². The number of quaternary nitrogens is 2. The first-order chi connectivity index (χ1) is 52.0. The lowest BCUT2D eigenvalue weighted by Crippen LogP contribution is -2.37. The summed E-state index contributed by atoms with van der Waals surface area (Å²) in [6, 6.07) is 0. The van der Waals surface area contributed by atoms with Gasteiger partial charge in [0.25, 0.3) is 0 Å². The maximum absolute atomic E-state index is 12.0. The van der Waals surface area contributed by atoms with E-state index >= 15 is 0 Å². The Morgan fingerprint density at radius 2 is 0.633 bits per heavy atom. The van der Waals surface area contributed by atoms with Gasteiger partial charge in [-0.1, -0.05) is 212 Å². The molecule has 27 heteroatoms. The summed E-state index contributed by atoms with van der Waals surface area (Å²) in [6.07, 6.45) is 77.7. The lowest BCUT2D eigenvalue weighted by molar-refractivity contribution is -0.870. The van der Waals surface area contributed by atoms with Crippen LogP contribution < -0.4 is 10.4 Å². The van der Waals surface area contributed by atoms with Gasteiger partial charge in [-0.25, -0.2) is 13.7 Å². The molecule has 0 heterocycles. The van der Waals surface area contributed by atoms with Gasteiger partial charge in [0.1, 0.15) is 38.5 Å². The van der Waals surface area contributed by atoms with Crippen LogP contribution >= 0.6 is 23.5 Å². The number of carboxylic acid groups (broad SMARTS) is 1. The van der Waals surface area contributed by atoms with E-state index in [1.54, 1.807) is 0 Å². The first-order valence-electron chi connectivity index (χ1n) is 39.3. The molecule has 1 amide bonds. The Labute approximate surface area is 656 Å². The molecule has 6 N–H and O–H groups in total. The van der Waals surface area contributed by atoms with Crippen LogP contribution in [0.2, 0.25) is 0 Å². The van der Waals surface area contributed by atoms with Crippen molar-refractivity contribution in [2.45, 2.75) is 233 Å². The number of amides is 1. The molecule has 6 unspecified atom stereocenters. The van der Waals surface area contributed by atoms with Gasteiger partial charge in [0.05, 0.1) is 81.9 Å². The van der Waals surface area contributed by atoms with Crippen LogP contribution in [-0.2, 0) is 69.5 Å². The highest BCUT2D eigenvalue weighted by Gasteiger charge is 2.28. The Bertz CT molecular complexity index is 2800. The minimum absolute atomic E-state index is 0.0400. The predicted molar refractivity (Wildman–Crippen MR) is 437 cm³/mol. The van der Waals surface area contributed by atoms with Crippen LogP contribution in [0.15, 0.2) is 146 Å². The molecule has 0 aliphatic carbocycles. The lowest BCUT2D eigenvalue weighted by Gasteiger charge is -2.24. The minimum Gasteiger partial charge on any atom is -0.550 e. The van der Waals surface area contributed by atoms with Crippen LogP contribution in [0, 0.1) is 5.92 Å². The summed E-state index contributed by atoms with van der Waals surface area (Å²) in [6.45, 7) is 6.57. The normalized spacial score (nSPS) is 15.1. The third-order valence-electron chi connectivity index (χ3n) is 15.1. The molecule has 109 heavy (non-hydrogen) atoms. The summed E-state index contributed by atoms with van der Waals surface area (Å²) in [5.74, 6) is -3.70. The number of phosphoric acid groups is 3. The van der Waals surface area contributed by atoms with Gasteiger partial charge < -0.3 is 58.6 Å². The van der Waals surface area contributed by atoms with Crippen molar-refractivity contribution in [2.75, 3.05) is 115 Å². The van der Waals surface area contributed by atoms with E-state index in [2.05, 4.69) is 163 Å². The van der Waals surface area contributed by atoms with E-state index in [-0.39, 0.29) is 45.1 Å². The van der Waals surface area contributed by atoms with Crippen molar-refractivity contribution in [3.63, 3.8) is 0 Å². The van der Waals surface area contributed by atoms with Gasteiger partial charge in [0, 0.05) is 37.7 Å². The monoisotopic (exact) mass is 1600 g/mol. The van der Waals surface area contributed by atoms with E-state index in [0.29, 0.717) is 47.7 Å². The molecule has 0 saturated carbocycles. The number of rotatable bonds is 68. The zero-order valence-electron chi connectivity index (χ0n) is 68.1. The minimum atomic E-state index is -4.57. The third kappa shape index (κ3) is 86.8. The molecule has 0 aliphatic rings. The maximum atomic E-state index is 12.0. The van der Waals surface area contributed by atoms with Gasteiger partial charge in [-0.15, -0.1) is 0 Å². The van der Waals surface area contributed by atoms with Crippen LogP contribution in [0.1, 0.15) is 220 Å². The zero-order chi connectivity index (χ0) is 81.9. The standard InChI is InChI=1S/C28H50NO7P.C27H49N2O5P.C27H45O9P/c1-5-6-7-8-9-10-11-12-13-14-15-16-17-18-19-20-21-22-28(31)36-27(25-30)26-35-37(32,33)34-24-23-29(2,3)4;1-5-6-7-8-9-10-11-12-13-14-15-16-17-18-19-20-21-22-27(30)28-23-25-33-35(31,32)34-26-24-29(2,3)4;1-3-4-5-6-7-8-9-10-11-12-13-14-15-16-17-18-19-20-26(29)36-25(21-28)23-35-37(32,33)34-22-24(2)27(30)31/h9-10,12-13,15-16,18-19,27,30H,5-8,11,14,17,20-26H2,1-4H3;9-10,12-13,15-16,18-19H,5-8,11,14,17,20-26H2,1-4H3,(H-,28,30,31,32);7-8,10-11,13-14,16-17,24-25,28H,3-6,9,12,15,18-23H2,1-2H3,(H,30,31)(H,32,33)/p+1/b2*10-9-,13-12-,16-15-,19-18-;8-7-,11-10-,14-13-,17-16-. The number of aliphatic carboxylic acids is 1. The predicted octanol–water partition coefficient (Wildman–Crippen LogP) is 16.5. The van der Waals surface area contributed by atoms with Crippen LogP contribution in [0.25, 0.3) is 0 Å². The molecule has 0 saturated heterocycles. The molecule has 0 aromatic carbocycles. The average molecular weight is 1600 g/mol. The summed E-state index contributed by atoms with van der Waals surface area (Å²) in [4.78, 5) is 75.2. The molecule has 6 atom stereocenters. The fourth-order valence-electron chi connectivity index (χ4n) is 8.57. The highest BCUT2D eigenvalue weighted by Crippen LogP contribution is 2.45. The second-order valence-electron chi connectivity index (χ2n) is 27.9. The number of unbranched alkanes of at least 4 members (excludes halogenated alkanes) is 12. The van der Waals surface area contributed by atoms with Crippen molar-refractivity contribution in [3.8, 4) is 0 Å². The van der Waals surface area contributed by atoms with Crippen molar-refractivity contribution < 1.29 is 108 Å². The number of aliphatic hydroxyl groups is 2. The van der Waals surface area contributed by atoms with Gasteiger partial charge in [-0.2, -0.15) is 0 Å². The molecule has 0 spiro atoms. The topological polar surface area (TPSA) is 330 Å². The quantitative estimate of drug-likeness (QED) is 0.0108. The number of nitrogens with zero attached hydrogens (tertiary/aromatic N) is 2. The summed E-state index contributed by atoms with van der Waals surface area (Å²) < 4.78 is 75.6. The van der Waals surface area contributed by atoms with Gasteiger partial charge in [-0.05, 0) is 135 Å². The molecular formula is C82H145N3O21P3+. The van der Waals surface area contributed by atoms with Crippen molar-refractivity contribution in [1.82, 2.24) is 5.32 Å². The van der Waals surface area contributed by atoms with Crippen molar-refractivity contribution in [2.24, 2.45) is 5.92 Å². The number of esters is 2. The molecule has 0 radical (unpaired) electrons. The fourth-order valence-corrected chi connectivity index (χ4v) is 10.9. The van der Waals surface area contributed by atoms with Crippen LogP contribution in [0.5, 0.6) is 0 Å². The third-order valence-corrected chi connectivity index (χ3v) is 18.1. The molecule has 0 rings (SSSR count). The number of hydrogen-bond acceptors (Lipinski definition) is 18. The number of aliphatic hydroxyl groups excluding tert-OH is 2. The van der Waals surface area contributed by atoms with E-state index < -0.39 is 92.5 Å². The van der Waals surface area contributed by atoms with E-state index in [1.165, 1.54) is 77.6 Å². The van der Waals surface area contributed by atoms with Crippen molar-refractivity contribution in [3.05, 3.63) is 146 Å². The van der Waals surface area contributed by atoms with Crippen LogP contribution in [-0.4, -0.2) is 185 Å². The molecule has 0 aromatic rings.